The van der Waals surface area contributed by atoms with Crippen LogP contribution in [0.15, 0.2) is 18.2 Å². The zero-order chi connectivity index (χ0) is 11.4. The summed E-state index contributed by atoms with van der Waals surface area (Å²) in [6, 6.07) is 5.37. The maximum atomic E-state index is 13.2. The fourth-order valence-corrected chi connectivity index (χ4v) is 2.87. The Morgan fingerprint density at radius 3 is 3.00 bits per heavy atom. The van der Waals surface area contributed by atoms with E-state index < -0.39 is 0 Å². The van der Waals surface area contributed by atoms with Crippen molar-refractivity contribution in [2.24, 2.45) is 5.92 Å². The van der Waals surface area contributed by atoms with Crippen molar-refractivity contribution in [3.63, 3.8) is 0 Å². The van der Waals surface area contributed by atoms with E-state index >= 15 is 0 Å². The molecule has 2 aromatic rings. The maximum absolute atomic E-state index is 13.2. The van der Waals surface area contributed by atoms with Gasteiger partial charge in [0.1, 0.15) is 11.6 Å². The number of benzene rings is 1. The molecule has 17 heavy (non-hydrogen) atoms. The number of aromatic nitrogens is 2. The summed E-state index contributed by atoms with van der Waals surface area (Å²) >= 11 is 0. The highest BCUT2D eigenvalue weighted by molar-refractivity contribution is 5.90. The quantitative estimate of drug-likeness (QED) is 0.817. The second kappa shape index (κ2) is 3.22. The summed E-state index contributed by atoms with van der Waals surface area (Å²) in [5.74, 6) is 1.65. The molecule has 1 N–H and O–H groups in total. The van der Waals surface area contributed by atoms with Crippen LogP contribution in [0.4, 0.5) is 10.2 Å². The summed E-state index contributed by atoms with van der Waals surface area (Å²) in [7, 11) is 0. The molecule has 1 aliphatic carbocycles. The van der Waals surface area contributed by atoms with Crippen molar-refractivity contribution in [2.75, 3.05) is 11.9 Å². The van der Waals surface area contributed by atoms with Crippen LogP contribution >= 0.6 is 0 Å². The Bertz CT molecular complexity index is 586. The lowest BCUT2D eigenvalue weighted by atomic mass is 10.1. The number of halogens is 1. The van der Waals surface area contributed by atoms with Crippen molar-refractivity contribution < 1.29 is 4.39 Å². The van der Waals surface area contributed by atoms with E-state index in [1.165, 1.54) is 25.0 Å². The topological polar surface area (TPSA) is 29.9 Å². The van der Waals surface area contributed by atoms with Crippen LogP contribution in [0, 0.1) is 11.7 Å². The van der Waals surface area contributed by atoms with E-state index in [0.29, 0.717) is 6.04 Å². The summed E-state index contributed by atoms with van der Waals surface area (Å²) in [6.07, 6.45) is 3.76. The second-order valence-electron chi connectivity index (χ2n) is 5.07. The molecule has 0 radical (unpaired) electrons. The van der Waals surface area contributed by atoms with Gasteiger partial charge in [-0.05, 0) is 37.3 Å². The molecule has 1 aromatic carbocycles. The molecule has 1 aromatic heterocycles. The monoisotopic (exact) mass is 231 g/mol. The average Bonchev–Trinajstić information content (AvgIpc) is 3.09. The van der Waals surface area contributed by atoms with Gasteiger partial charge in [0.2, 0.25) is 0 Å². The minimum Gasteiger partial charge on any atom is -0.370 e. The summed E-state index contributed by atoms with van der Waals surface area (Å²) in [5, 5.41) is 9.01. The Hall–Kier alpha value is -1.58. The van der Waals surface area contributed by atoms with Crippen molar-refractivity contribution in [1.82, 2.24) is 9.78 Å². The molecule has 0 spiro atoms. The minimum absolute atomic E-state index is 0.212. The van der Waals surface area contributed by atoms with E-state index in [1.807, 2.05) is 6.07 Å². The van der Waals surface area contributed by atoms with E-state index in [9.17, 15) is 4.39 Å². The number of nitrogens with zero attached hydrogens (tertiary/aromatic N) is 2. The van der Waals surface area contributed by atoms with E-state index in [1.54, 1.807) is 0 Å². The smallest absolute Gasteiger partial charge is 0.132 e. The normalized spacial score (nSPS) is 23.5. The van der Waals surface area contributed by atoms with Gasteiger partial charge in [0.05, 0.1) is 11.6 Å². The number of anilines is 1. The Balaban J connectivity index is 1.93. The lowest BCUT2D eigenvalue weighted by Gasteiger charge is -2.25. The van der Waals surface area contributed by atoms with E-state index in [4.69, 9.17) is 0 Å². The van der Waals surface area contributed by atoms with Gasteiger partial charge in [-0.25, -0.2) is 9.07 Å². The van der Waals surface area contributed by atoms with Gasteiger partial charge < -0.3 is 5.32 Å². The average molecular weight is 231 g/mol. The third-order valence-corrected chi connectivity index (χ3v) is 3.87. The lowest BCUT2D eigenvalue weighted by Crippen LogP contribution is -2.24. The Labute approximate surface area is 98.6 Å². The number of rotatable bonds is 1. The highest BCUT2D eigenvalue weighted by Crippen LogP contribution is 2.45. The predicted octanol–water partition coefficient (Wildman–Crippen LogP) is 2.94. The molecule has 4 rings (SSSR count). The van der Waals surface area contributed by atoms with Crippen LogP contribution in [0.3, 0.4) is 0 Å². The van der Waals surface area contributed by atoms with Crippen molar-refractivity contribution >= 4 is 16.7 Å². The Kier molecular flexibility index (Phi) is 1.79. The van der Waals surface area contributed by atoms with Gasteiger partial charge in [0.25, 0.3) is 0 Å². The summed E-state index contributed by atoms with van der Waals surface area (Å²) < 4.78 is 15.3. The van der Waals surface area contributed by atoms with Crippen LogP contribution in [0.25, 0.3) is 10.9 Å². The summed E-state index contributed by atoms with van der Waals surface area (Å²) in [5.41, 5.74) is 0.764. The zero-order valence-corrected chi connectivity index (χ0v) is 9.49. The first-order chi connectivity index (χ1) is 8.33. The highest BCUT2D eigenvalue weighted by Gasteiger charge is 2.36. The van der Waals surface area contributed by atoms with Gasteiger partial charge in [0, 0.05) is 18.0 Å². The lowest BCUT2D eigenvalue weighted by molar-refractivity contribution is 0.378. The number of fused-ring (bicyclic) bond motifs is 3. The number of hydrogen-bond donors (Lipinski definition) is 1. The molecule has 1 saturated carbocycles. The minimum atomic E-state index is -0.212. The number of hydrogen-bond acceptors (Lipinski definition) is 2. The second-order valence-corrected chi connectivity index (χ2v) is 5.07. The largest absolute Gasteiger partial charge is 0.370 e. The maximum Gasteiger partial charge on any atom is 0.132 e. The van der Waals surface area contributed by atoms with Crippen LogP contribution in [0.5, 0.6) is 0 Å². The zero-order valence-electron chi connectivity index (χ0n) is 9.49. The SMILES string of the molecule is Fc1ccc2c3n(nc2c1)C(C1CC1)CCN3. The fraction of sp³-hybridized carbons (Fsp3) is 0.462. The van der Waals surface area contributed by atoms with Gasteiger partial charge >= 0.3 is 0 Å². The van der Waals surface area contributed by atoms with E-state index in [2.05, 4.69) is 15.1 Å². The van der Waals surface area contributed by atoms with Gasteiger partial charge in [-0.2, -0.15) is 5.10 Å². The predicted molar refractivity (Wildman–Crippen MR) is 64.6 cm³/mol. The summed E-state index contributed by atoms with van der Waals surface area (Å²) in [6.45, 7) is 0.999. The molecule has 0 saturated heterocycles. The first-order valence-corrected chi connectivity index (χ1v) is 6.24. The molecule has 1 fully saturated rings. The molecule has 0 amide bonds. The van der Waals surface area contributed by atoms with Crippen molar-refractivity contribution in [1.29, 1.82) is 0 Å². The first kappa shape index (κ1) is 9.45. The molecule has 1 unspecified atom stereocenters. The molecule has 0 bridgehead atoms. The van der Waals surface area contributed by atoms with E-state index in [0.717, 1.165) is 35.6 Å². The van der Waals surface area contributed by atoms with Crippen LogP contribution in [0.1, 0.15) is 25.3 Å². The molecule has 88 valence electrons. The van der Waals surface area contributed by atoms with E-state index in [-0.39, 0.29) is 5.82 Å². The molecular weight excluding hydrogens is 217 g/mol. The standard InChI is InChI=1S/C13H14FN3/c14-9-3-4-10-11(7-9)16-17-12(8-1-2-8)5-6-15-13(10)17/h3-4,7-8,12,15H,1-2,5-6H2. The van der Waals surface area contributed by atoms with Gasteiger partial charge in [0.15, 0.2) is 0 Å². The van der Waals surface area contributed by atoms with Gasteiger partial charge in [-0.15, -0.1) is 0 Å². The van der Waals surface area contributed by atoms with Gasteiger partial charge in [-0.3, -0.25) is 0 Å². The van der Waals surface area contributed by atoms with Crippen molar-refractivity contribution in [2.45, 2.75) is 25.3 Å². The van der Waals surface area contributed by atoms with Crippen LogP contribution in [0.2, 0.25) is 0 Å². The Morgan fingerprint density at radius 2 is 2.18 bits per heavy atom. The number of nitrogens with one attached hydrogen (secondary N) is 1. The molecule has 1 aliphatic heterocycles. The summed E-state index contributed by atoms with van der Waals surface area (Å²) in [4.78, 5) is 0. The fourth-order valence-electron chi connectivity index (χ4n) is 2.87. The molecule has 3 nitrogen and oxygen atoms in total. The molecule has 2 aliphatic rings. The van der Waals surface area contributed by atoms with Crippen molar-refractivity contribution in [3.8, 4) is 0 Å². The Morgan fingerprint density at radius 1 is 1.29 bits per heavy atom. The molecule has 4 heteroatoms. The van der Waals surface area contributed by atoms with Gasteiger partial charge in [-0.1, -0.05) is 0 Å². The third-order valence-electron chi connectivity index (χ3n) is 3.87. The van der Waals surface area contributed by atoms with Crippen LogP contribution in [-0.4, -0.2) is 16.3 Å². The molecular formula is C13H14FN3. The van der Waals surface area contributed by atoms with Crippen molar-refractivity contribution in [3.05, 3.63) is 24.0 Å². The molecule has 2 heterocycles. The van der Waals surface area contributed by atoms with Crippen LogP contribution < -0.4 is 5.32 Å². The first-order valence-electron chi connectivity index (χ1n) is 6.24. The molecule has 1 atom stereocenters. The van der Waals surface area contributed by atoms with Crippen LogP contribution in [-0.2, 0) is 0 Å². The third kappa shape index (κ3) is 1.36. The highest BCUT2D eigenvalue weighted by atomic mass is 19.1.